The molecule has 2 heterocycles. The molecule has 0 saturated heterocycles. The van der Waals surface area contributed by atoms with Crippen LogP contribution in [0.25, 0.3) is 0 Å². The number of halogens is 2. The van der Waals surface area contributed by atoms with Crippen molar-refractivity contribution in [3.05, 3.63) is 47.0 Å². The van der Waals surface area contributed by atoms with Crippen LogP contribution >= 0.6 is 23.2 Å². The second-order valence-electron chi connectivity index (χ2n) is 6.99. The van der Waals surface area contributed by atoms with E-state index in [2.05, 4.69) is 9.97 Å². The number of aromatic nitrogens is 2. The first-order chi connectivity index (χ1) is 13.5. The summed E-state index contributed by atoms with van der Waals surface area (Å²) in [6.45, 7) is 8.89. The maximum absolute atomic E-state index is 11.5. The minimum Gasteiger partial charge on any atom is -0.484 e. The molecule has 29 heavy (non-hydrogen) atoms. The highest BCUT2D eigenvalue weighted by molar-refractivity contribution is 6.29. The van der Waals surface area contributed by atoms with Gasteiger partial charge in [-0.3, -0.25) is 0 Å². The zero-order valence-electron chi connectivity index (χ0n) is 17.1. The summed E-state index contributed by atoms with van der Waals surface area (Å²) in [6.07, 6.45) is 2.99. The number of carbonyl (C=O) groups is 1. The smallest absolute Gasteiger partial charge is 0.349 e. The minimum atomic E-state index is -1.04. The Kier molecular flexibility index (Phi) is 9.62. The van der Waals surface area contributed by atoms with Crippen molar-refractivity contribution >= 4 is 29.2 Å². The van der Waals surface area contributed by atoms with E-state index in [1.54, 1.807) is 58.9 Å². The van der Waals surface area contributed by atoms with Crippen molar-refractivity contribution in [2.45, 2.75) is 45.8 Å². The van der Waals surface area contributed by atoms with Crippen LogP contribution in [0.3, 0.4) is 0 Å². The van der Waals surface area contributed by atoms with Crippen LogP contribution in [-0.2, 0) is 9.53 Å². The Morgan fingerprint density at radius 2 is 1.45 bits per heavy atom. The van der Waals surface area contributed by atoms with Crippen molar-refractivity contribution in [1.82, 2.24) is 9.97 Å². The van der Waals surface area contributed by atoms with Gasteiger partial charge in [-0.1, -0.05) is 23.2 Å². The fourth-order valence-corrected chi connectivity index (χ4v) is 2.06. The number of aliphatic hydroxyl groups excluding tert-OH is 1. The van der Waals surface area contributed by atoms with Crippen LogP contribution in [0, 0.1) is 0 Å². The summed E-state index contributed by atoms with van der Waals surface area (Å²) in [7, 11) is 0. The van der Waals surface area contributed by atoms with Gasteiger partial charge in [0.2, 0.25) is 0 Å². The average Bonchev–Trinajstić information content (AvgIpc) is 2.66. The highest BCUT2D eigenvalue weighted by Crippen LogP contribution is 2.20. The first-order valence-corrected chi connectivity index (χ1v) is 9.64. The molecule has 0 amide bonds. The van der Waals surface area contributed by atoms with Crippen LogP contribution in [0.15, 0.2) is 36.7 Å². The first kappa shape index (κ1) is 24.9. The number of aliphatic hydroxyl groups is 1. The number of rotatable bonds is 7. The molecule has 0 aliphatic rings. The van der Waals surface area contributed by atoms with Crippen LogP contribution < -0.4 is 9.47 Å². The molecule has 2 rings (SSSR count). The number of carbonyl (C=O) groups excluding carboxylic acids is 1. The third-order valence-electron chi connectivity index (χ3n) is 3.32. The van der Waals surface area contributed by atoms with Gasteiger partial charge in [0.05, 0.1) is 25.6 Å². The largest absolute Gasteiger partial charge is 0.484 e. The van der Waals surface area contributed by atoms with Gasteiger partial charge in [-0.2, -0.15) is 0 Å². The number of ether oxygens (including phenoxy) is 3. The van der Waals surface area contributed by atoms with Crippen LogP contribution in [0.5, 0.6) is 11.5 Å². The van der Waals surface area contributed by atoms with Crippen LogP contribution in [0.1, 0.15) is 34.6 Å². The zero-order valence-corrected chi connectivity index (χ0v) is 18.6. The average molecular weight is 445 g/mol. The lowest BCUT2D eigenvalue weighted by molar-refractivity contribution is -0.158. The molecule has 2 aromatic rings. The van der Waals surface area contributed by atoms with Gasteiger partial charge in [-0.05, 0) is 58.9 Å². The summed E-state index contributed by atoms with van der Waals surface area (Å²) in [5.74, 6) is 0.663. The SMILES string of the molecule is CC(C)(CO)Oc1ccc(Cl)nc1.CCOC(=O)C(C)(C)Oc1ccc(Cl)nc1. The molecule has 0 atom stereocenters. The summed E-state index contributed by atoms with van der Waals surface area (Å²) >= 11 is 11.2. The Morgan fingerprint density at radius 3 is 1.83 bits per heavy atom. The lowest BCUT2D eigenvalue weighted by Gasteiger charge is -2.23. The van der Waals surface area contributed by atoms with Gasteiger partial charge in [0, 0.05) is 0 Å². The lowest BCUT2D eigenvalue weighted by atomic mass is 10.1. The van der Waals surface area contributed by atoms with Gasteiger partial charge in [-0.25, -0.2) is 14.8 Å². The zero-order chi connectivity index (χ0) is 22.1. The van der Waals surface area contributed by atoms with E-state index in [9.17, 15) is 4.79 Å². The van der Waals surface area contributed by atoms with E-state index in [0.717, 1.165) is 0 Å². The van der Waals surface area contributed by atoms with Gasteiger partial charge < -0.3 is 19.3 Å². The summed E-state index contributed by atoms with van der Waals surface area (Å²) in [5.41, 5.74) is -1.62. The normalized spacial score (nSPS) is 11.2. The molecule has 0 radical (unpaired) electrons. The first-order valence-electron chi connectivity index (χ1n) is 8.88. The summed E-state index contributed by atoms with van der Waals surface area (Å²) in [5, 5.41) is 9.74. The van der Waals surface area contributed by atoms with Crippen LogP contribution in [0.2, 0.25) is 10.3 Å². The van der Waals surface area contributed by atoms with E-state index >= 15 is 0 Å². The molecule has 0 unspecified atom stereocenters. The predicted molar refractivity (Wildman–Crippen MR) is 112 cm³/mol. The minimum absolute atomic E-state index is 0.0460. The van der Waals surface area contributed by atoms with Crippen molar-refractivity contribution in [1.29, 1.82) is 0 Å². The molecule has 0 aliphatic carbocycles. The molecule has 0 spiro atoms. The molecule has 160 valence electrons. The Hall–Kier alpha value is -2.09. The summed E-state index contributed by atoms with van der Waals surface area (Å²) < 4.78 is 15.8. The highest BCUT2D eigenvalue weighted by Gasteiger charge is 2.31. The fraction of sp³-hybridized carbons (Fsp3) is 0.450. The highest BCUT2D eigenvalue weighted by atomic mass is 35.5. The van der Waals surface area contributed by atoms with Crippen molar-refractivity contribution < 1.29 is 24.1 Å². The monoisotopic (exact) mass is 444 g/mol. The number of hydrogen-bond acceptors (Lipinski definition) is 7. The molecular weight excluding hydrogens is 419 g/mol. The molecule has 0 aromatic carbocycles. The van der Waals surface area contributed by atoms with Crippen LogP contribution in [-0.4, -0.2) is 45.5 Å². The van der Waals surface area contributed by atoms with E-state index in [1.807, 2.05) is 0 Å². The summed E-state index contributed by atoms with van der Waals surface area (Å²) in [4.78, 5) is 19.3. The maximum Gasteiger partial charge on any atom is 0.349 e. The fourth-order valence-electron chi connectivity index (χ4n) is 1.84. The number of nitrogens with zero attached hydrogens (tertiary/aromatic N) is 2. The molecule has 0 aliphatic heterocycles. The van der Waals surface area contributed by atoms with Crippen molar-refractivity contribution in [2.75, 3.05) is 13.2 Å². The molecule has 7 nitrogen and oxygen atoms in total. The molecule has 0 bridgehead atoms. The summed E-state index contributed by atoms with van der Waals surface area (Å²) in [6, 6.07) is 6.60. The van der Waals surface area contributed by atoms with Crippen molar-refractivity contribution in [2.24, 2.45) is 0 Å². The van der Waals surface area contributed by atoms with Gasteiger partial charge >= 0.3 is 5.97 Å². The molecule has 2 aromatic heterocycles. The Balaban J connectivity index is 0.000000296. The third-order valence-corrected chi connectivity index (χ3v) is 3.76. The standard InChI is InChI=1S/C11H14ClNO3.C9H12ClNO2/c1-4-15-10(14)11(2,3)16-8-5-6-9(12)13-7-8;1-9(2,6-12)13-7-3-4-8(10)11-5-7/h5-7H,4H2,1-3H3;3-5,12H,6H2,1-2H3. The topological polar surface area (TPSA) is 90.8 Å². The van der Waals surface area contributed by atoms with Gasteiger partial charge in [0.25, 0.3) is 0 Å². The Morgan fingerprint density at radius 1 is 0.966 bits per heavy atom. The Labute approximate surface area is 180 Å². The Bertz CT molecular complexity index is 765. The van der Waals surface area contributed by atoms with E-state index in [1.165, 1.54) is 12.4 Å². The molecular formula is C20H26Cl2N2O5. The predicted octanol–water partition coefficient (Wildman–Crippen LogP) is 4.34. The quantitative estimate of drug-likeness (QED) is 0.501. The van der Waals surface area contributed by atoms with Gasteiger partial charge in [-0.15, -0.1) is 0 Å². The van der Waals surface area contributed by atoms with E-state index in [4.69, 9.17) is 42.5 Å². The third kappa shape index (κ3) is 9.30. The number of pyridine rings is 2. The molecule has 0 fully saturated rings. The molecule has 1 N–H and O–H groups in total. The van der Waals surface area contributed by atoms with Gasteiger partial charge in [0.15, 0.2) is 5.60 Å². The second-order valence-corrected chi connectivity index (χ2v) is 7.76. The van der Waals surface area contributed by atoms with E-state index in [0.29, 0.717) is 28.4 Å². The van der Waals surface area contributed by atoms with E-state index in [-0.39, 0.29) is 6.61 Å². The number of esters is 1. The van der Waals surface area contributed by atoms with E-state index < -0.39 is 17.2 Å². The number of hydrogen-bond donors (Lipinski definition) is 1. The van der Waals surface area contributed by atoms with Gasteiger partial charge in [0.1, 0.15) is 27.4 Å². The molecule has 9 heteroatoms. The van der Waals surface area contributed by atoms with Crippen LogP contribution in [0.4, 0.5) is 0 Å². The molecule has 0 saturated carbocycles. The van der Waals surface area contributed by atoms with Crippen molar-refractivity contribution in [3.63, 3.8) is 0 Å². The second kappa shape index (κ2) is 11.2. The lowest BCUT2D eigenvalue weighted by Crippen LogP contribution is -2.39. The van der Waals surface area contributed by atoms with Crippen molar-refractivity contribution in [3.8, 4) is 11.5 Å². The maximum atomic E-state index is 11.5.